The van der Waals surface area contributed by atoms with Crippen LogP contribution in [0.5, 0.6) is 0 Å². The van der Waals surface area contributed by atoms with Gasteiger partial charge < -0.3 is 4.74 Å². The third-order valence-corrected chi connectivity index (χ3v) is 1.16. The summed E-state index contributed by atoms with van der Waals surface area (Å²) in [5.74, 6) is -2.77. The number of alkyl halides is 2. The molecule has 0 saturated carbocycles. The quantitative estimate of drug-likeness (QED) is 0.494. The lowest BCUT2D eigenvalue weighted by Gasteiger charge is -2.15. The van der Waals surface area contributed by atoms with Crippen LogP contribution < -0.4 is 0 Å². The van der Waals surface area contributed by atoms with Crippen molar-refractivity contribution in [1.82, 2.24) is 0 Å². The molecule has 0 aliphatic heterocycles. The molecule has 0 aliphatic rings. The van der Waals surface area contributed by atoms with Gasteiger partial charge in [-0.15, -0.1) is 0 Å². The molecule has 0 radical (unpaired) electrons. The van der Waals surface area contributed by atoms with E-state index in [1.54, 1.807) is 0 Å². The first-order chi connectivity index (χ1) is 5.55. The Morgan fingerprint density at radius 2 is 1.15 bits per heavy atom. The molecule has 0 aliphatic carbocycles. The average Bonchev–Trinajstić information content (AvgIpc) is 1.82. The van der Waals surface area contributed by atoms with Gasteiger partial charge in [-0.25, -0.2) is 18.4 Å². The Morgan fingerprint density at radius 3 is 1.31 bits per heavy atom. The summed E-state index contributed by atoms with van der Waals surface area (Å²) >= 11 is 0. The van der Waals surface area contributed by atoms with E-state index in [9.17, 15) is 18.4 Å². The van der Waals surface area contributed by atoms with E-state index in [2.05, 4.69) is 4.74 Å². The lowest BCUT2D eigenvalue weighted by Crippen LogP contribution is -2.37. The summed E-state index contributed by atoms with van der Waals surface area (Å²) in [5, 5.41) is 0. The Balaban J connectivity index is 4.34. The van der Waals surface area contributed by atoms with Crippen LogP contribution in [-0.4, -0.2) is 23.3 Å². The molecule has 0 atom stereocenters. The number of carbonyl (C=O) groups excluding carboxylic acids is 2. The molecule has 3 nitrogen and oxygen atoms in total. The van der Waals surface area contributed by atoms with Crippen LogP contribution in [0.3, 0.4) is 0 Å². The second-order valence-electron chi connectivity index (χ2n) is 3.62. The second-order valence-corrected chi connectivity index (χ2v) is 3.62. The highest BCUT2D eigenvalue weighted by atomic mass is 19.1. The molecule has 0 heterocycles. The number of carbonyl (C=O) groups is 2. The van der Waals surface area contributed by atoms with Gasteiger partial charge in [0.2, 0.25) is 11.3 Å². The molecule has 0 unspecified atom stereocenters. The number of hydrogen-bond acceptors (Lipinski definition) is 3. The third-order valence-electron chi connectivity index (χ3n) is 1.16. The maximum atomic E-state index is 12.8. The minimum absolute atomic E-state index is 0.924. The lowest BCUT2D eigenvalue weighted by molar-refractivity contribution is -0.173. The van der Waals surface area contributed by atoms with E-state index in [0.717, 1.165) is 27.7 Å². The van der Waals surface area contributed by atoms with Gasteiger partial charge in [0.1, 0.15) is 0 Å². The number of ether oxygens (including phenoxy) is 1. The molecule has 0 saturated heterocycles. The molecular weight excluding hydrogens is 182 g/mol. The highest BCUT2D eigenvalue weighted by Gasteiger charge is 2.36. The molecule has 0 aromatic carbocycles. The summed E-state index contributed by atoms with van der Waals surface area (Å²) in [7, 11) is 0. The van der Waals surface area contributed by atoms with Gasteiger partial charge >= 0.3 is 11.9 Å². The van der Waals surface area contributed by atoms with E-state index in [4.69, 9.17) is 0 Å². The maximum absolute atomic E-state index is 12.8. The van der Waals surface area contributed by atoms with E-state index >= 15 is 0 Å². The highest BCUT2D eigenvalue weighted by molar-refractivity contribution is 5.93. The summed E-state index contributed by atoms with van der Waals surface area (Å²) in [6, 6.07) is 0. The Labute approximate surface area is 75.1 Å². The Kier molecular flexibility index (Phi) is 3.13. The zero-order valence-corrected chi connectivity index (χ0v) is 7.98. The molecular formula is C8H12F2O3. The molecule has 0 spiro atoms. The van der Waals surface area contributed by atoms with Gasteiger partial charge in [-0.1, -0.05) is 0 Å². The van der Waals surface area contributed by atoms with Crippen molar-refractivity contribution in [3.63, 3.8) is 0 Å². The fraction of sp³-hybridized carbons (Fsp3) is 0.750. The zero-order chi connectivity index (χ0) is 10.9. The van der Waals surface area contributed by atoms with Gasteiger partial charge in [0, 0.05) is 0 Å². The maximum Gasteiger partial charge on any atom is 0.351 e. The normalized spacial score (nSPS) is 12.5. The Bertz CT molecular complexity index is 199. The summed E-state index contributed by atoms with van der Waals surface area (Å²) < 4.78 is 29.5. The largest absolute Gasteiger partial charge is 0.388 e. The number of hydrogen-bond donors (Lipinski definition) is 0. The fourth-order valence-electron chi connectivity index (χ4n) is 0.327. The molecule has 5 heteroatoms. The molecule has 0 fully saturated rings. The smallest absolute Gasteiger partial charge is 0.351 e. The van der Waals surface area contributed by atoms with E-state index in [0.29, 0.717) is 0 Å². The van der Waals surface area contributed by atoms with Crippen molar-refractivity contribution in [2.75, 3.05) is 0 Å². The average molecular weight is 194 g/mol. The summed E-state index contributed by atoms with van der Waals surface area (Å²) in [5.41, 5.74) is -4.58. The molecule has 0 bridgehead atoms. The first-order valence-corrected chi connectivity index (χ1v) is 3.69. The Morgan fingerprint density at radius 1 is 0.923 bits per heavy atom. The molecule has 0 rings (SSSR count). The van der Waals surface area contributed by atoms with Crippen LogP contribution in [0.4, 0.5) is 8.78 Å². The number of rotatable bonds is 2. The van der Waals surface area contributed by atoms with Gasteiger partial charge in [-0.2, -0.15) is 0 Å². The van der Waals surface area contributed by atoms with E-state index in [-0.39, 0.29) is 0 Å². The second kappa shape index (κ2) is 3.40. The first-order valence-electron chi connectivity index (χ1n) is 3.69. The third kappa shape index (κ3) is 3.96. The van der Waals surface area contributed by atoms with Crippen molar-refractivity contribution in [2.45, 2.75) is 39.0 Å². The van der Waals surface area contributed by atoms with E-state index in [1.807, 2.05) is 0 Å². The highest BCUT2D eigenvalue weighted by Crippen LogP contribution is 2.15. The number of halogens is 2. The van der Waals surface area contributed by atoms with Crippen LogP contribution >= 0.6 is 0 Å². The van der Waals surface area contributed by atoms with Crippen molar-refractivity contribution < 1.29 is 23.1 Å². The zero-order valence-electron chi connectivity index (χ0n) is 7.98. The number of esters is 2. The van der Waals surface area contributed by atoms with Crippen LogP contribution in [0.2, 0.25) is 0 Å². The van der Waals surface area contributed by atoms with E-state index < -0.39 is 23.3 Å². The van der Waals surface area contributed by atoms with E-state index in [1.165, 1.54) is 0 Å². The van der Waals surface area contributed by atoms with Crippen LogP contribution in [0, 0.1) is 0 Å². The van der Waals surface area contributed by atoms with Crippen LogP contribution in [0.15, 0.2) is 0 Å². The monoisotopic (exact) mass is 194 g/mol. The van der Waals surface area contributed by atoms with Gasteiger partial charge in [0.25, 0.3) is 0 Å². The predicted molar refractivity (Wildman–Crippen MR) is 41.5 cm³/mol. The minimum Gasteiger partial charge on any atom is -0.388 e. The fourth-order valence-corrected chi connectivity index (χ4v) is 0.327. The SMILES string of the molecule is CC(C)(F)C(=O)OC(=O)C(C)(C)F. The minimum atomic E-state index is -2.29. The van der Waals surface area contributed by atoms with Crippen molar-refractivity contribution in [2.24, 2.45) is 0 Å². The predicted octanol–water partition coefficient (Wildman–Crippen LogP) is 1.55. The van der Waals surface area contributed by atoms with Gasteiger partial charge in [0.05, 0.1) is 0 Å². The van der Waals surface area contributed by atoms with Gasteiger partial charge in [-0.3, -0.25) is 0 Å². The van der Waals surface area contributed by atoms with Gasteiger partial charge in [-0.05, 0) is 27.7 Å². The van der Waals surface area contributed by atoms with Crippen molar-refractivity contribution >= 4 is 11.9 Å². The molecule has 0 aromatic heterocycles. The lowest BCUT2D eigenvalue weighted by atomic mass is 10.1. The standard InChI is InChI=1S/C8H12F2O3/c1-7(2,9)5(11)13-6(12)8(3,4)10/h1-4H3. The molecule has 0 amide bonds. The summed E-state index contributed by atoms with van der Waals surface area (Å²) in [4.78, 5) is 21.5. The summed E-state index contributed by atoms with van der Waals surface area (Å²) in [6.07, 6.45) is 0. The summed E-state index contributed by atoms with van der Waals surface area (Å²) in [6.45, 7) is 3.70. The topological polar surface area (TPSA) is 43.4 Å². The van der Waals surface area contributed by atoms with Crippen LogP contribution in [0.25, 0.3) is 0 Å². The van der Waals surface area contributed by atoms with Crippen molar-refractivity contribution in [1.29, 1.82) is 0 Å². The van der Waals surface area contributed by atoms with Crippen LogP contribution in [-0.2, 0) is 14.3 Å². The molecule has 76 valence electrons. The van der Waals surface area contributed by atoms with Crippen molar-refractivity contribution in [3.05, 3.63) is 0 Å². The first kappa shape index (κ1) is 12.0. The Hall–Kier alpha value is -1.00. The molecule has 0 N–H and O–H groups in total. The van der Waals surface area contributed by atoms with Crippen molar-refractivity contribution in [3.8, 4) is 0 Å². The molecule has 13 heavy (non-hydrogen) atoms. The van der Waals surface area contributed by atoms with Crippen LogP contribution in [0.1, 0.15) is 27.7 Å². The van der Waals surface area contributed by atoms with Gasteiger partial charge in [0.15, 0.2) is 0 Å². The molecule has 0 aromatic rings.